The molecule has 3 aromatic rings. The van der Waals surface area contributed by atoms with Crippen LogP contribution in [0.4, 0.5) is 5.69 Å². The first-order chi connectivity index (χ1) is 14.3. The highest BCUT2D eigenvalue weighted by molar-refractivity contribution is 7.13. The van der Waals surface area contributed by atoms with E-state index in [-0.39, 0.29) is 30.7 Å². The number of methoxy groups -OCH3 is 1. The Morgan fingerprint density at radius 2 is 1.77 bits per heavy atom. The number of benzene rings is 2. The summed E-state index contributed by atoms with van der Waals surface area (Å²) in [5.74, 6) is 0.849. The Morgan fingerprint density at radius 3 is 2.55 bits per heavy atom. The molecule has 1 aromatic heterocycles. The Hall–Kier alpha value is -2.06. The van der Waals surface area contributed by atoms with E-state index in [0.717, 1.165) is 60.7 Å². The molecule has 6 nitrogen and oxygen atoms in total. The van der Waals surface area contributed by atoms with Gasteiger partial charge in [0.25, 0.3) is 5.91 Å². The molecule has 0 spiro atoms. The van der Waals surface area contributed by atoms with Crippen molar-refractivity contribution in [3.63, 3.8) is 0 Å². The monoisotopic (exact) mass is 482 g/mol. The number of para-hydroxylation sites is 2. The lowest BCUT2D eigenvalue weighted by Gasteiger charge is -2.36. The standard InChI is InChI=1S/C22H26N4O2S.2ClH/c1-28-19-9-4-3-8-18(19)26-15-13-25(14-16-26)12-6-11-23-22(27)21-17-7-2-5-10-20(17)29-24-21;;/h2-5,7-10H,6,11-16H2,1H3,(H,23,27);2*1H. The fourth-order valence-corrected chi connectivity index (χ4v) is 4.51. The summed E-state index contributed by atoms with van der Waals surface area (Å²) in [7, 11) is 1.72. The molecule has 1 amide bonds. The summed E-state index contributed by atoms with van der Waals surface area (Å²) in [5.41, 5.74) is 1.70. The molecule has 31 heavy (non-hydrogen) atoms. The van der Waals surface area contributed by atoms with Crippen LogP contribution >= 0.6 is 36.3 Å². The van der Waals surface area contributed by atoms with Crippen LogP contribution in [0.25, 0.3) is 10.1 Å². The Bertz CT molecular complexity index is 977. The lowest BCUT2D eigenvalue weighted by Crippen LogP contribution is -2.47. The molecule has 0 aliphatic carbocycles. The second kappa shape index (κ2) is 12.1. The number of nitrogens with one attached hydrogen (secondary N) is 1. The number of hydrogen-bond donors (Lipinski definition) is 1. The molecule has 0 unspecified atom stereocenters. The van der Waals surface area contributed by atoms with E-state index < -0.39 is 0 Å². The Morgan fingerprint density at radius 1 is 1.06 bits per heavy atom. The summed E-state index contributed by atoms with van der Waals surface area (Å²) in [6, 6.07) is 16.0. The van der Waals surface area contributed by atoms with Gasteiger partial charge in [-0.3, -0.25) is 9.69 Å². The maximum atomic E-state index is 12.4. The number of carbonyl (C=O) groups is 1. The van der Waals surface area contributed by atoms with Gasteiger partial charge in [0.2, 0.25) is 0 Å². The van der Waals surface area contributed by atoms with Gasteiger partial charge >= 0.3 is 0 Å². The van der Waals surface area contributed by atoms with Crippen LogP contribution in [0.5, 0.6) is 5.75 Å². The largest absolute Gasteiger partial charge is 0.495 e. The maximum absolute atomic E-state index is 12.4. The average Bonchev–Trinajstić information content (AvgIpc) is 3.21. The van der Waals surface area contributed by atoms with Crippen LogP contribution in [-0.4, -0.2) is 61.6 Å². The quantitative estimate of drug-likeness (QED) is 0.513. The molecule has 1 aliphatic heterocycles. The van der Waals surface area contributed by atoms with Crippen LogP contribution in [0.15, 0.2) is 48.5 Å². The van der Waals surface area contributed by atoms with Crippen molar-refractivity contribution in [2.45, 2.75) is 6.42 Å². The number of carbonyl (C=O) groups excluding carboxylic acids is 1. The summed E-state index contributed by atoms with van der Waals surface area (Å²) in [6.07, 6.45) is 0.933. The summed E-state index contributed by atoms with van der Waals surface area (Å²) in [5, 5.41) is 3.95. The molecular weight excluding hydrogens is 455 g/mol. The van der Waals surface area contributed by atoms with Gasteiger partial charge in [0.1, 0.15) is 11.4 Å². The molecule has 2 heterocycles. The van der Waals surface area contributed by atoms with Crippen LogP contribution in [0.2, 0.25) is 0 Å². The number of nitrogens with zero attached hydrogens (tertiary/aromatic N) is 3. The molecule has 1 aliphatic rings. The summed E-state index contributed by atoms with van der Waals surface area (Å²) >= 11 is 1.37. The highest BCUT2D eigenvalue weighted by atomic mass is 35.5. The first-order valence-corrected chi connectivity index (χ1v) is 10.8. The number of halogens is 2. The van der Waals surface area contributed by atoms with E-state index in [9.17, 15) is 4.79 Å². The van der Waals surface area contributed by atoms with Crippen LogP contribution in [0.3, 0.4) is 0 Å². The third kappa shape index (κ3) is 6.01. The highest BCUT2D eigenvalue weighted by Crippen LogP contribution is 2.28. The van der Waals surface area contributed by atoms with E-state index >= 15 is 0 Å². The zero-order valence-corrected chi connectivity index (χ0v) is 19.9. The molecule has 4 rings (SSSR count). The van der Waals surface area contributed by atoms with Gasteiger partial charge in [-0.25, -0.2) is 0 Å². The Kier molecular flexibility index (Phi) is 9.84. The molecule has 0 atom stereocenters. The van der Waals surface area contributed by atoms with E-state index in [1.165, 1.54) is 11.5 Å². The number of amides is 1. The van der Waals surface area contributed by atoms with E-state index in [0.29, 0.717) is 12.2 Å². The van der Waals surface area contributed by atoms with Crippen LogP contribution < -0.4 is 15.0 Å². The van der Waals surface area contributed by atoms with Crippen molar-refractivity contribution in [2.24, 2.45) is 0 Å². The number of hydrogen-bond acceptors (Lipinski definition) is 6. The fraction of sp³-hybridized carbons (Fsp3) is 0.364. The Balaban J connectivity index is 0.00000171. The molecule has 2 aromatic carbocycles. The normalized spacial score (nSPS) is 13.9. The van der Waals surface area contributed by atoms with Crippen molar-refractivity contribution >= 4 is 58.0 Å². The minimum absolute atomic E-state index is 0. The van der Waals surface area contributed by atoms with Crippen LogP contribution in [-0.2, 0) is 0 Å². The van der Waals surface area contributed by atoms with Crippen molar-refractivity contribution in [2.75, 3.05) is 51.3 Å². The first kappa shape index (κ1) is 25.2. The fourth-order valence-electron chi connectivity index (χ4n) is 3.74. The third-order valence-electron chi connectivity index (χ3n) is 5.33. The predicted octanol–water partition coefficient (Wildman–Crippen LogP) is 4.09. The number of fused-ring (bicyclic) bond motifs is 1. The third-order valence-corrected chi connectivity index (χ3v) is 6.15. The predicted molar refractivity (Wildman–Crippen MR) is 133 cm³/mol. The maximum Gasteiger partial charge on any atom is 0.271 e. The van der Waals surface area contributed by atoms with Gasteiger partial charge in [-0.2, -0.15) is 4.37 Å². The summed E-state index contributed by atoms with van der Waals surface area (Å²) < 4.78 is 10.9. The number of ether oxygens (including phenoxy) is 1. The van der Waals surface area contributed by atoms with Gasteiger partial charge in [-0.15, -0.1) is 24.8 Å². The summed E-state index contributed by atoms with van der Waals surface area (Å²) in [6.45, 7) is 5.65. The number of rotatable bonds is 7. The van der Waals surface area contributed by atoms with Crippen LogP contribution in [0.1, 0.15) is 16.9 Å². The van der Waals surface area contributed by atoms with Gasteiger partial charge in [-0.05, 0) is 42.7 Å². The van der Waals surface area contributed by atoms with Gasteiger partial charge in [0, 0.05) is 38.1 Å². The second-order valence-electron chi connectivity index (χ2n) is 7.14. The molecule has 1 fully saturated rings. The highest BCUT2D eigenvalue weighted by Gasteiger charge is 2.19. The number of aromatic nitrogens is 1. The molecule has 0 radical (unpaired) electrons. The van der Waals surface area contributed by atoms with E-state index in [1.807, 2.05) is 36.4 Å². The minimum Gasteiger partial charge on any atom is -0.495 e. The zero-order chi connectivity index (χ0) is 20.1. The van der Waals surface area contributed by atoms with E-state index in [2.05, 4.69) is 31.6 Å². The van der Waals surface area contributed by atoms with Crippen molar-refractivity contribution in [1.29, 1.82) is 0 Å². The molecule has 0 bridgehead atoms. The van der Waals surface area contributed by atoms with Crippen molar-refractivity contribution in [3.05, 3.63) is 54.2 Å². The lowest BCUT2D eigenvalue weighted by atomic mass is 10.2. The van der Waals surface area contributed by atoms with Gasteiger partial charge in [0.15, 0.2) is 0 Å². The van der Waals surface area contributed by atoms with Gasteiger partial charge in [-0.1, -0.05) is 30.3 Å². The lowest BCUT2D eigenvalue weighted by molar-refractivity contribution is 0.0949. The zero-order valence-electron chi connectivity index (χ0n) is 17.5. The molecule has 168 valence electrons. The smallest absolute Gasteiger partial charge is 0.271 e. The SMILES string of the molecule is COc1ccccc1N1CCN(CCCNC(=O)c2nsc3ccccc23)CC1.Cl.Cl. The van der Waals surface area contributed by atoms with E-state index in [1.54, 1.807) is 7.11 Å². The van der Waals surface area contributed by atoms with Gasteiger partial charge < -0.3 is 15.0 Å². The number of anilines is 1. The topological polar surface area (TPSA) is 57.7 Å². The second-order valence-corrected chi connectivity index (χ2v) is 7.94. The molecular formula is C22H28Cl2N4O2S. The van der Waals surface area contributed by atoms with Crippen molar-refractivity contribution in [3.8, 4) is 5.75 Å². The summed E-state index contributed by atoms with van der Waals surface area (Å²) in [4.78, 5) is 17.3. The van der Waals surface area contributed by atoms with Crippen molar-refractivity contribution < 1.29 is 9.53 Å². The van der Waals surface area contributed by atoms with Crippen LogP contribution in [0, 0.1) is 0 Å². The number of piperazine rings is 1. The Labute approximate surface area is 199 Å². The average molecular weight is 483 g/mol. The van der Waals surface area contributed by atoms with E-state index in [4.69, 9.17) is 4.74 Å². The van der Waals surface area contributed by atoms with Gasteiger partial charge in [0.05, 0.1) is 17.5 Å². The van der Waals surface area contributed by atoms with Crippen molar-refractivity contribution in [1.82, 2.24) is 14.6 Å². The molecule has 0 saturated carbocycles. The molecule has 1 N–H and O–H groups in total. The molecule has 9 heteroatoms. The molecule has 1 saturated heterocycles. The first-order valence-electron chi connectivity index (χ1n) is 9.99. The minimum atomic E-state index is -0.0801.